The van der Waals surface area contributed by atoms with Crippen molar-refractivity contribution in [1.29, 1.82) is 0 Å². The molecule has 0 saturated carbocycles. The number of rotatable bonds is 6. The van der Waals surface area contributed by atoms with Gasteiger partial charge in [-0.25, -0.2) is 4.98 Å². The SMILES string of the molecule is CC(CCN)CCC(=O)N1CCN(c2nccs2)CC1. The quantitative estimate of drug-likeness (QED) is 0.865. The molecule has 0 bridgehead atoms. The van der Waals surface area contributed by atoms with Crippen LogP contribution in [0.1, 0.15) is 26.2 Å². The Morgan fingerprint density at radius 3 is 2.75 bits per heavy atom. The van der Waals surface area contributed by atoms with Crippen LogP contribution in [-0.4, -0.2) is 48.5 Å². The van der Waals surface area contributed by atoms with Gasteiger partial charge in [-0.3, -0.25) is 4.79 Å². The number of carbonyl (C=O) groups excluding carboxylic acids is 1. The van der Waals surface area contributed by atoms with E-state index in [4.69, 9.17) is 5.73 Å². The van der Waals surface area contributed by atoms with E-state index in [1.54, 1.807) is 11.3 Å². The summed E-state index contributed by atoms with van der Waals surface area (Å²) in [7, 11) is 0. The fourth-order valence-corrected chi connectivity index (χ4v) is 3.17. The molecule has 0 spiro atoms. The Bertz CT molecular complexity index is 401. The van der Waals surface area contributed by atoms with Crippen LogP contribution in [-0.2, 0) is 4.79 Å². The Morgan fingerprint density at radius 1 is 1.40 bits per heavy atom. The molecule has 1 aromatic heterocycles. The minimum absolute atomic E-state index is 0.285. The first-order chi connectivity index (χ1) is 9.70. The monoisotopic (exact) mass is 296 g/mol. The number of carbonyl (C=O) groups is 1. The number of aromatic nitrogens is 1. The molecule has 0 radical (unpaired) electrons. The molecule has 2 rings (SSSR count). The Balaban J connectivity index is 1.72. The number of amides is 1. The van der Waals surface area contributed by atoms with E-state index in [0.717, 1.165) is 44.2 Å². The second kappa shape index (κ2) is 7.59. The predicted molar refractivity (Wildman–Crippen MR) is 83.0 cm³/mol. The average Bonchev–Trinajstić information content (AvgIpc) is 2.99. The van der Waals surface area contributed by atoms with Gasteiger partial charge in [-0.05, 0) is 25.3 Å². The maximum absolute atomic E-state index is 12.2. The summed E-state index contributed by atoms with van der Waals surface area (Å²) in [5.74, 6) is 0.827. The molecule has 112 valence electrons. The summed E-state index contributed by atoms with van der Waals surface area (Å²) < 4.78 is 0. The molecule has 2 N–H and O–H groups in total. The lowest BCUT2D eigenvalue weighted by atomic mass is 10.0. The van der Waals surface area contributed by atoms with Crippen molar-refractivity contribution in [2.75, 3.05) is 37.6 Å². The zero-order valence-electron chi connectivity index (χ0n) is 12.1. The zero-order valence-corrected chi connectivity index (χ0v) is 12.9. The molecule has 5 nitrogen and oxygen atoms in total. The molecule has 1 aliphatic rings. The van der Waals surface area contributed by atoms with Gasteiger partial charge in [0.25, 0.3) is 0 Å². The molecule has 0 aliphatic carbocycles. The lowest BCUT2D eigenvalue weighted by Gasteiger charge is -2.34. The zero-order chi connectivity index (χ0) is 14.4. The number of hydrogen-bond acceptors (Lipinski definition) is 5. The fourth-order valence-electron chi connectivity index (χ4n) is 2.48. The van der Waals surface area contributed by atoms with Crippen molar-refractivity contribution in [3.05, 3.63) is 11.6 Å². The molecule has 1 fully saturated rings. The Hall–Kier alpha value is -1.14. The van der Waals surface area contributed by atoms with E-state index in [1.165, 1.54) is 0 Å². The normalized spacial score (nSPS) is 17.3. The third-order valence-corrected chi connectivity index (χ3v) is 4.66. The van der Waals surface area contributed by atoms with E-state index in [0.29, 0.717) is 18.9 Å². The summed E-state index contributed by atoms with van der Waals surface area (Å²) in [6.45, 7) is 6.27. The summed E-state index contributed by atoms with van der Waals surface area (Å²) in [6.07, 6.45) is 4.43. The van der Waals surface area contributed by atoms with Gasteiger partial charge in [0.05, 0.1) is 0 Å². The van der Waals surface area contributed by atoms with Crippen LogP contribution >= 0.6 is 11.3 Å². The third kappa shape index (κ3) is 4.18. The van der Waals surface area contributed by atoms with Gasteiger partial charge < -0.3 is 15.5 Å². The molecule has 1 aromatic rings. The highest BCUT2D eigenvalue weighted by Gasteiger charge is 2.22. The molecular weight excluding hydrogens is 272 g/mol. The van der Waals surface area contributed by atoms with E-state index in [2.05, 4.69) is 16.8 Å². The van der Waals surface area contributed by atoms with Crippen LogP contribution < -0.4 is 10.6 Å². The van der Waals surface area contributed by atoms with Crippen LogP contribution in [0.5, 0.6) is 0 Å². The number of hydrogen-bond donors (Lipinski definition) is 1. The van der Waals surface area contributed by atoms with Crippen molar-refractivity contribution in [3.8, 4) is 0 Å². The van der Waals surface area contributed by atoms with Crippen molar-refractivity contribution in [3.63, 3.8) is 0 Å². The van der Waals surface area contributed by atoms with Crippen LogP contribution in [0.3, 0.4) is 0 Å². The van der Waals surface area contributed by atoms with Gasteiger partial charge in [0, 0.05) is 44.2 Å². The molecule has 1 unspecified atom stereocenters. The van der Waals surface area contributed by atoms with Crippen LogP contribution in [0, 0.1) is 5.92 Å². The van der Waals surface area contributed by atoms with Crippen LogP contribution in [0.25, 0.3) is 0 Å². The van der Waals surface area contributed by atoms with Crippen molar-refractivity contribution < 1.29 is 4.79 Å². The topological polar surface area (TPSA) is 62.5 Å². The van der Waals surface area contributed by atoms with E-state index in [1.807, 2.05) is 16.5 Å². The molecule has 1 saturated heterocycles. The van der Waals surface area contributed by atoms with Gasteiger partial charge in [0.2, 0.25) is 5.91 Å². The number of thiazole rings is 1. The van der Waals surface area contributed by atoms with Gasteiger partial charge in [-0.2, -0.15) is 0 Å². The van der Waals surface area contributed by atoms with Crippen molar-refractivity contribution in [2.45, 2.75) is 26.2 Å². The number of anilines is 1. The summed E-state index contributed by atoms with van der Waals surface area (Å²) in [5, 5.41) is 3.06. The van der Waals surface area contributed by atoms with E-state index in [-0.39, 0.29) is 5.91 Å². The molecule has 1 amide bonds. The molecule has 2 heterocycles. The van der Waals surface area contributed by atoms with Crippen molar-refractivity contribution in [1.82, 2.24) is 9.88 Å². The Morgan fingerprint density at radius 2 is 2.15 bits per heavy atom. The first-order valence-electron chi connectivity index (χ1n) is 7.33. The third-order valence-electron chi connectivity index (χ3n) is 3.83. The number of nitrogens with zero attached hydrogens (tertiary/aromatic N) is 3. The smallest absolute Gasteiger partial charge is 0.222 e. The maximum atomic E-state index is 12.2. The van der Waals surface area contributed by atoms with Gasteiger partial charge in [-0.1, -0.05) is 6.92 Å². The Kier molecular flexibility index (Phi) is 5.79. The fraction of sp³-hybridized carbons (Fsp3) is 0.714. The molecular formula is C14H24N4OS. The lowest BCUT2D eigenvalue weighted by Crippen LogP contribution is -2.48. The summed E-state index contributed by atoms with van der Waals surface area (Å²) >= 11 is 1.66. The minimum Gasteiger partial charge on any atom is -0.345 e. The van der Waals surface area contributed by atoms with Gasteiger partial charge in [0.1, 0.15) is 0 Å². The first-order valence-corrected chi connectivity index (χ1v) is 8.21. The first kappa shape index (κ1) is 15.3. The van der Waals surface area contributed by atoms with E-state index >= 15 is 0 Å². The van der Waals surface area contributed by atoms with Crippen molar-refractivity contribution >= 4 is 22.4 Å². The molecule has 0 aromatic carbocycles. The highest BCUT2D eigenvalue weighted by Crippen LogP contribution is 2.19. The van der Waals surface area contributed by atoms with Gasteiger partial charge >= 0.3 is 0 Å². The average molecular weight is 296 g/mol. The summed E-state index contributed by atoms with van der Waals surface area (Å²) in [4.78, 5) is 20.7. The number of piperazine rings is 1. The van der Waals surface area contributed by atoms with Crippen molar-refractivity contribution in [2.24, 2.45) is 11.7 Å². The summed E-state index contributed by atoms with van der Waals surface area (Å²) in [6, 6.07) is 0. The standard InChI is InChI=1S/C14H24N4OS/c1-12(4-5-15)2-3-13(19)17-7-9-18(10-8-17)14-16-6-11-20-14/h6,11-12H,2-5,7-10,15H2,1H3. The van der Waals surface area contributed by atoms with E-state index < -0.39 is 0 Å². The van der Waals surface area contributed by atoms with Crippen LogP contribution in [0.4, 0.5) is 5.13 Å². The second-order valence-electron chi connectivity index (χ2n) is 5.40. The number of nitrogens with two attached hydrogens (primary N) is 1. The summed E-state index contributed by atoms with van der Waals surface area (Å²) in [5.41, 5.74) is 5.53. The van der Waals surface area contributed by atoms with Crippen LogP contribution in [0.2, 0.25) is 0 Å². The van der Waals surface area contributed by atoms with E-state index in [9.17, 15) is 4.79 Å². The molecule has 1 aliphatic heterocycles. The maximum Gasteiger partial charge on any atom is 0.222 e. The molecule has 1 atom stereocenters. The highest BCUT2D eigenvalue weighted by atomic mass is 32.1. The minimum atomic E-state index is 0.285. The second-order valence-corrected chi connectivity index (χ2v) is 6.28. The lowest BCUT2D eigenvalue weighted by molar-refractivity contribution is -0.131. The van der Waals surface area contributed by atoms with Gasteiger partial charge in [-0.15, -0.1) is 11.3 Å². The van der Waals surface area contributed by atoms with Gasteiger partial charge in [0.15, 0.2) is 5.13 Å². The largest absolute Gasteiger partial charge is 0.345 e. The Labute approximate surface area is 124 Å². The molecule has 20 heavy (non-hydrogen) atoms. The predicted octanol–water partition coefficient (Wildman–Crippen LogP) is 1.56. The highest BCUT2D eigenvalue weighted by molar-refractivity contribution is 7.13. The van der Waals surface area contributed by atoms with Crippen LogP contribution in [0.15, 0.2) is 11.6 Å². The molecule has 6 heteroatoms.